The van der Waals surface area contributed by atoms with Gasteiger partial charge in [0.15, 0.2) is 0 Å². The Labute approximate surface area is 148 Å². The van der Waals surface area contributed by atoms with Gasteiger partial charge in [-0.15, -0.1) is 0 Å². The summed E-state index contributed by atoms with van der Waals surface area (Å²) in [6.07, 6.45) is -3.71. The lowest BCUT2D eigenvalue weighted by Crippen LogP contribution is -2.11. The maximum absolute atomic E-state index is 13.0. The molecule has 0 fully saturated rings. The van der Waals surface area contributed by atoms with Crippen molar-refractivity contribution >= 4 is 23.6 Å². The highest BCUT2D eigenvalue weighted by molar-refractivity contribution is 6.15. The number of nitrogens with zero attached hydrogens (tertiary/aromatic N) is 1. The molecule has 0 aromatic heterocycles. The fourth-order valence-corrected chi connectivity index (χ4v) is 2.13. The van der Waals surface area contributed by atoms with Crippen molar-refractivity contribution in [2.24, 2.45) is 4.99 Å². The van der Waals surface area contributed by atoms with Gasteiger partial charge >= 0.3 is 12.1 Å². The minimum atomic E-state index is -4.59. The van der Waals surface area contributed by atoms with Crippen molar-refractivity contribution in [2.45, 2.75) is 13.1 Å². The number of aliphatic imine (C=N–C) groups is 1. The van der Waals surface area contributed by atoms with Crippen LogP contribution in [0.2, 0.25) is 0 Å². The third-order valence-corrected chi connectivity index (χ3v) is 3.34. The van der Waals surface area contributed by atoms with E-state index in [-0.39, 0.29) is 17.9 Å². The van der Waals surface area contributed by atoms with Crippen LogP contribution in [0.15, 0.2) is 65.2 Å². The number of esters is 1. The molecule has 2 aromatic carbocycles. The first-order chi connectivity index (χ1) is 12.3. The summed E-state index contributed by atoms with van der Waals surface area (Å²) in [6.45, 7) is 1.61. The summed E-state index contributed by atoms with van der Waals surface area (Å²) in [7, 11) is 0. The van der Waals surface area contributed by atoms with Gasteiger partial charge in [0.25, 0.3) is 0 Å². The van der Waals surface area contributed by atoms with Gasteiger partial charge in [-0.05, 0) is 19.1 Å². The fraction of sp³-hybridized carbons (Fsp3) is 0.158. The van der Waals surface area contributed by atoms with E-state index in [0.717, 1.165) is 12.3 Å². The van der Waals surface area contributed by atoms with Crippen molar-refractivity contribution in [3.05, 3.63) is 71.3 Å². The molecule has 1 N–H and O–H groups in total. The first-order valence-electron chi connectivity index (χ1n) is 7.70. The number of aliphatic hydroxyl groups excluding tert-OH is 1. The standard InChI is InChI=1S/C19H16F3NO3/c1-2-26-18(25)14(17(24)13-8-4-3-5-9-13)12-23-16-11-7-6-10-15(16)19(20,21)22/h3-12,24H,2H2,1H3. The Bertz CT molecular complexity index is 827. The molecule has 0 amide bonds. The van der Waals surface area contributed by atoms with Crippen molar-refractivity contribution in [1.82, 2.24) is 0 Å². The maximum atomic E-state index is 13.0. The molecule has 0 atom stereocenters. The number of carbonyl (C=O) groups is 1. The third-order valence-electron chi connectivity index (χ3n) is 3.34. The monoisotopic (exact) mass is 363 g/mol. The zero-order valence-corrected chi connectivity index (χ0v) is 13.8. The topological polar surface area (TPSA) is 58.9 Å². The van der Waals surface area contributed by atoms with Crippen LogP contribution < -0.4 is 0 Å². The molecule has 26 heavy (non-hydrogen) atoms. The Morgan fingerprint density at radius 2 is 1.73 bits per heavy atom. The highest BCUT2D eigenvalue weighted by Gasteiger charge is 2.33. The molecular weight excluding hydrogens is 347 g/mol. The van der Waals surface area contributed by atoms with Crippen LogP contribution in [0.1, 0.15) is 18.1 Å². The van der Waals surface area contributed by atoms with E-state index in [0.29, 0.717) is 5.56 Å². The van der Waals surface area contributed by atoms with Crippen LogP contribution >= 0.6 is 0 Å². The van der Waals surface area contributed by atoms with Gasteiger partial charge in [-0.25, -0.2) is 4.79 Å². The highest BCUT2D eigenvalue weighted by atomic mass is 19.4. The van der Waals surface area contributed by atoms with Crippen LogP contribution in [0.4, 0.5) is 18.9 Å². The molecular formula is C19H16F3NO3. The zero-order chi connectivity index (χ0) is 19.2. The number of aliphatic hydroxyl groups is 1. The molecule has 0 radical (unpaired) electrons. The first kappa shape index (κ1) is 19.2. The molecule has 0 unspecified atom stereocenters. The minimum Gasteiger partial charge on any atom is -0.506 e. The molecule has 2 aromatic rings. The van der Waals surface area contributed by atoms with Crippen molar-refractivity contribution in [3.8, 4) is 0 Å². The number of hydrogen-bond donors (Lipinski definition) is 1. The average Bonchev–Trinajstić information content (AvgIpc) is 2.62. The molecule has 4 nitrogen and oxygen atoms in total. The van der Waals surface area contributed by atoms with Gasteiger partial charge in [0, 0.05) is 11.8 Å². The number of halogens is 3. The molecule has 0 spiro atoms. The number of alkyl halides is 3. The smallest absolute Gasteiger partial charge is 0.418 e. The van der Waals surface area contributed by atoms with Crippen molar-refractivity contribution in [3.63, 3.8) is 0 Å². The number of carbonyl (C=O) groups excluding carboxylic acids is 1. The van der Waals surface area contributed by atoms with E-state index in [1.54, 1.807) is 37.3 Å². The van der Waals surface area contributed by atoms with E-state index < -0.39 is 23.5 Å². The largest absolute Gasteiger partial charge is 0.506 e. The summed E-state index contributed by atoms with van der Waals surface area (Å²) in [5, 5.41) is 10.3. The zero-order valence-electron chi connectivity index (χ0n) is 13.8. The number of benzene rings is 2. The normalized spacial score (nSPS) is 12.8. The molecule has 2 rings (SSSR count). The van der Waals surface area contributed by atoms with Crippen LogP contribution in [0.3, 0.4) is 0 Å². The van der Waals surface area contributed by atoms with Crippen LogP contribution in [0, 0.1) is 0 Å². The van der Waals surface area contributed by atoms with Gasteiger partial charge in [-0.1, -0.05) is 42.5 Å². The Kier molecular flexibility index (Phi) is 6.16. The van der Waals surface area contributed by atoms with Gasteiger partial charge in [0.05, 0.1) is 17.9 Å². The van der Waals surface area contributed by atoms with E-state index in [9.17, 15) is 23.1 Å². The van der Waals surface area contributed by atoms with Gasteiger partial charge in [0.1, 0.15) is 11.3 Å². The molecule has 0 aliphatic rings. The number of hydrogen-bond acceptors (Lipinski definition) is 4. The van der Waals surface area contributed by atoms with E-state index in [2.05, 4.69) is 4.99 Å². The van der Waals surface area contributed by atoms with Crippen molar-refractivity contribution < 1.29 is 27.8 Å². The first-order valence-corrected chi connectivity index (χ1v) is 7.70. The molecule has 0 saturated heterocycles. The Hall–Kier alpha value is -3.09. The Morgan fingerprint density at radius 3 is 2.35 bits per heavy atom. The lowest BCUT2D eigenvalue weighted by atomic mass is 10.1. The fourth-order valence-electron chi connectivity index (χ4n) is 2.13. The second-order valence-corrected chi connectivity index (χ2v) is 5.12. The SMILES string of the molecule is CCOC(=O)C(C=Nc1ccccc1C(F)(F)F)=C(O)c1ccccc1. The summed E-state index contributed by atoms with van der Waals surface area (Å²) >= 11 is 0. The maximum Gasteiger partial charge on any atom is 0.418 e. The van der Waals surface area contributed by atoms with Crippen molar-refractivity contribution in [2.75, 3.05) is 6.61 Å². The summed E-state index contributed by atoms with van der Waals surface area (Å²) < 4.78 is 44.0. The van der Waals surface area contributed by atoms with Crippen LogP contribution in [0.25, 0.3) is 5.76 Å². The molecule has 0 aliphatic heterocycles. The molecule has 0 heterocycles. The average molecular weight is 363 g/mol. The molecule has 0 aliphatic carbocycles. The lowest BCUT2D eigenvalue weighted by Gasteiger charge is -2.10. The van der Waals surface area contributed by atoms with E-state index in [1.165, 1.54) is 18.2 Å². The van der Waals surface area contributed by atoms with Crippen LogP contribution in [0.5, 0.6) is 0 Å². The Balaban J connectivity index is 2.50. The van der Waals surface area contributed by atoms with E-state index in [1.807, 2.05) is 0 Å². The van der Waals surface area contributed by atoms with Gasteiger partial charge in [-0.2, -0.15) is 13.2 Å². The second kappa shape index (κ2) is 8.33. The van der Waals surface area contributed by atoms with Gasteiger partial charge < -0.3 is 9.84 Å². The van der Waals surface area contributed by atoms with Crippen LogP contribution in [-0.4, -0.2) is 23.9 Å². The third kappa shape index (κ3) is 4.72. The number of ether oxygens (including phenoxy) is 1. The van der Waals surface area contributed by atoms with E-state index >= 15 is 0 Å². The molecule has 136 valence electrons. The molecule has 7 heteroatoms. The number of rotatable bonds is 5. The summed E-state index contributed by atoms with van der Waals surface area (Å²) in [5.41, 5.74) is -1.34. The van der Waals surface area contributed by atoms with E-state index in [4.69, 9.17) is 4.74 Å². The highest BCUT2D eigenvalue weighted by Crippen LogP contribution is 2.36. The molecule has 0 bridgehead atoms. The second-order valence-electron chi connectivity index (χ2n) is 5.12. The summed E-state index contributed by atoms with van der Waals surface area (Å²) in [5.74, 6) is -1.32. The predicted octanol–water partition coefficient (Wildman–Crippen LogP) is 4.94. The summed E-state index contributed by atoms with van der Waals surface area (Å²) in [6, 6.07) is 12.8. The minimum absolute atomic E-state index is 0.0391. The van der Waals surface area contributed by atoms with Gasteiger partial charge in [-0.3, -0.25) is 4.99 Å². The summed E-state index contributed by atoms with van der Waals surface area (Å²) in [4.78, 5) is 15.9. The molecule has 0 saturated carbocycles. The van der Waals surface area contributed by atoms with Crippen LogP contribution in [-0.2, 0) is 15.7 Å². The predicted molar refractivity (Wildman–Crippen MR) is 92.2 cm³/mol. The lowest BCUT2D eigenvalue weighted by molar-refractivity contribution is -0.138. The Morgan fingerprint density at radius 1 is 1.12 bits per heavy atom. The number of para-hydroxylation sites is 1. The van der Waals surface area contributed by atoms with Gasteiger partial charge in [0.2, 0.25) is 0 Å². The quantitative estimate of drug-likeness (QED) is 0.354. The van der Waals surface area contributed by atoms with Crippen molar-refractivity contribution in [1.29, 1.82) is 0 Å².